The Balaban J connectivity index is 2.62. The van der Waals surface area contributed by atoms with Crippen LogP contribution in [0.2, 0.25) is 0 Å². The molecule has 0 atom stereocenters. The van der Waals surface area contributed by atoms with Crippen molar-refractivity contribution in [1.29, 1.82) is 0 Å². The van der Waals surface area contributed by atoms with E-state index in [0.29, 0.717) is 0 Å². The number of hydrogen-bond donors (Lipinski definition) is 1. The van der Waals surface area contributed by atoms with Crippen LogP contribution in [0, 0.1) is 19.5 Å². The van der Waals surface area contributed by atoms with E-state index < -0.39 is 16.7 Å². The molecule has 0 spiro atoms. The molecule has 2 aromatic rings. The van der Waals surface area contributed by atoms with E-state index in [1.807, 2.05) is 0 Å². The van der Waals surface area contributed by atoms with Crippen LogP contribution >= 0.6 is 22.6 Å². The normalized spacial score (nSPS) is 10.4. The number of benzene rings is 1. The maximum atomic E-state index is 13.5. The van der Waals surface area contributed by atoms with Crippen LogP contribution in [-0.2, 0) is 0 Å². The molecule has 0 aliphatic heterocycles. The van der Waals surface area contributed by atoms with Gasteiger partial charge in [-0.05, 0) is 28.7 Å². The monoisotopic (exact) mass is 377 g/mol. The van der Waals surface area contributed by atoms with Crippen LogP contribution in [0.25, 0.3) is 5.69 Å². The number of rotatable bonds is 3. The van der Waals surface area contributed by atoms with Gasteiger partial charge in [0.15, 0.2) is 5.69 Å². The summed E-state index contributed by atoms with van der Waals surface area (Å²) in [4.78, 5) is 20.9. The van der Waals surface area contributed by atoms with E-state index in [2.05, 4.69) is 5.10 Å². The minimum Gasteiger partial charge on any atom is -0.476 e. The quantitative estimate of drug-likeness (QED) is 0.503. The average Bonchev–Trinajstić information content (AvgIpc) is 2.81. The molecular formula is C10H5FIN3O4. The lowest BCUT2D eigenvalue weighted by molar-refractivity contribution is -0.384. The lowest BCUT2D eigenvalue weighted by Crippen LogP contribution is -2.05. The number of carboxylic acids is 1. The highest BCUT2D eigenvalue weighted by atomic mass is 127. The molecule has 0 amide bonds. The van der Waals surface area contributed by atoms with Crippen molar-refractivity contribution in [3.05, 3.63) is 49.6 Å². The maximum absolute atomic E-state index is 13.5. The number of aromatic nitrogens is 2. The average molecular weight is 377 g/mol. The number of nitro benzene ring substituents is 1. The van der Waals surface area contributed by atoms with Gasteiger partial charge in [-0.3, -0.25) is 10.1 Å². The fraction of sp³-hybridized carbons (Fsp3) is 0. The predicted molar refractivity (Wildman–Crippen MR) is 69.9 cm³/mol. The summed E-state index contributed by atoms with van der Waals surface area (Å²) in [6, 6.07) is 3.17. The van der Waals surface area contributed by atoms with Crippen LogP contribution in [0.1, 0.15) is 10.5 Å². The van der Waals surface area contributed by atoms with Crippen molar-refractivity contribution in [2.24, 2.45) is 0 Å². The number of aromatic carboxylic acids is 1. The molecule has 0 unspecified atom stereocenters. The van der Waals surface area contributed by atoms with Gasteiger partial charge in [0.05, 0.1) is 8.49 Å². The molecule has 1 aromatic heterocycles. The van der Waals surface area contributed by atoms with Crippen molar-refractivity contribution in [3.8, 4) is 5.69 Å². The molecule has 0 fully saturated rings. The summed E-state index contributed by atoms with van der Waals surface area (Å²) in [5.74, 6) is -1.92. The van der Waals surface area contributed by atoms with Crippen molar-refractivity contribution in [1.82, 2.24) is 9.78 Å². The van der Waals surface area contributed by atoms with E-state index >= 15 is 0 Å². The van der Waals surface area contributed by atoms with Gasteiger partial charge >= 0.3 is 5.97 Å². The van der Waals surface area contributed by atoms with Gasteiger partial charge in [-0.15, -0.1) is 0 Å². The van der Waals surface area contributed by atoms with Crippen LogP contribution in [0.4, 0.5) is 10.1 Å². The third kappa shape index (κ3) is 2.54. The van der Waals surface area contributed by atoms with E-state index in [9.17, 15) is 19.3 Å². The van der Waals surface area contributed by atoms with Crippen molar-refractivity contribution >= 4 is 34.2 Å². The van der Waals surface area contributed by atoms with Gasteiger partial charge in [-0.25, -0.2) is 13.9 Å². The number of carbonyl (C=O) groups is 1. The smallest absolute Gasteiger partial charge is 0.356 e. The zero-order valence-corrected chi connectivity index (χ0v) is 11.2. The fourth-order valence-electron chi connectivity index (χ4n) is 1.43. The molecule has 0 aliphatic carbocycles. The molecule has 0 saturated heterocycles. The maximum Gasteiger partial charge on any atom is 0.356 e. The zero-order chi connectivity index (χ0) is 14.2. The van der Waals surface area contributed by atoms with Crippen molar-refractivity contribution < 1.29 is 19.2 Å². The topological polar surface area (TPSA) is 98.3 Å². The van der Waals surface area contributed by atoms with Crippen LogP contribution in [0.3, 0.4) is 0 Å². The third-order valence-corrected chi connectivity index (χ3v) is 3.10. The Bertz CT molecular complexity index is 685. The van der Waals surface area contributed by atoms with Crippen LogP contribution in [-0.4, -0.2) is 25.8 Å². The largest absolute Gasteiger partial charge is 0.476 e. The van der Waals surface area contributed by atoms with Gasteiger partial charge < -0.3 is 5.11 Å². The Morgan fingerprint density at radius 1 is 1.53 bits per heavy atom. The molecule has 1 N–H and O–H groups in total. The molecule has 1 heterocycles. The Hall–Kier alpha value is -2.04. The van der Waals surface area contributed by atoms with Gasteiger partial charge in [0.25, 0.3) is 5.69 Å². The van der Waals surface area contributed by atoms with E-state index in [4.69, 9.17) is 5.11 Å². The highest BCUT2D eigenvalue weighted by Gasteiger charge is 2.20. The second-order valence-corrected chi connectivity index (χ2v) is 4.63. The summed E-state index contributed by atoms with van der Waals surface area (Å²) >= 11 is 1.63. The van der Waals surface area contributed by atoms with Crippen LogP contribution in [0.5, 0.6) is 0 Å². The third-order valence-electron chi connectivity index (χ3n) is 2.27. The molecule has 98 valence electrons. The first-order valence-electron chi connectivity index (χ1n) is 4.83. The van der Waals surface area contributed by atoms with E-state index in [1.54, 1.807) is 22.6 Å². The molecule has 2 rings (SSSR count). The van der Waals surface area contributed by atoms with Crippen molar-refractivity contribution in [3.63, 3.8) is 0 Å². The Kier molecular flexibility index (Phi) is 3.46. The van der Waals surface area contributed by atoms with E-state index in [-0.39, 0.29) is 20.6 Å². The first-order chi connectivity index (χ1) is 8.90. The molecular weight excluding hydrogens is 372 g/mol. The van der Waals surface area contributed by atoms with Gasteiger partial charge in [-0.2, -0.15) is 5.10 Å². The molecule has 0 saturated carbocycles. The molecule has 19 heavy (non-hydrogen) atoms. The fourth-order valence-corrected chi connectivity index (χ4v) is 1.88. The molecule has 1 aromatic carbocycles. The van der Waals surface area contributed by atoms with Crippen LogP contribution < -0.4 is 0 Å². The summed E-state index contributed by atoms with van der Waals surface area (Å²) in [7, 11) is 0. The summed E-state index contributed by atoms with van der Waals surface area (Å²) < 4.78 is 14.5. The first kappa shape index (κ1) is 13.4. The summed E-state index contributed by atoms with van der Waals surface area (Å²) in [6.45, 7) is 0. The van der Waals surface area contributed by atoms with Crippen molar-refractivity contribution in [2.45, 2.75) is 0 Å². The lowest BCUT2D eigenvalue weighted by Gasteiger charge is -2.04. The number of hydrogen-bond acceptors (Lipinski definition) is 4. The number of nitro groups is 1. The summed E-state index contributed by atoms with van der Waals surface area (Å²) in [5, 5.41) is 23.3. The molecule has 0 aliphatic rings. The highest BCUT2D eigenvalue weighted by molar-refractivity contribution is 14.1. The number of carboxylic acid groups (broad SMARTS) is 1. The number of halogens is 2. The van der Waals surface area contributed by atoms with E-state index in [1.165, 1.54) is 12.3 Å². The zero-order valence-electron chi connectivity index (χ0n) is 9.08. The molecule has 9 heteroatoms. The predicted octanol–water partition coefficient (Wildman–Crippen LogP) is 2.22. The number of nitrogens with zero attached hydrogens (tertiary/aromatic N) is 3. The highest BCUT2D eigenvalue weighted by Crippen LogP contribution is 2.27. The minimum absolute atomic E-state index is 0.0960. The summed E-state index contributed by atoms with van der Waals surface area (Å²) in [6.07, 6.45) is 1.22. The van der Waals surface area contributed by atoms with Crippen LogP contribution in [0.15, 0.2) is 24.4 Å². The second-order valence-electron chi connectivity index (χ2n) is 3.46. The van der Waals surface area contributed by atoms with Gasteiger partial charge in [-0.1, -0.05) is 0 Å². The first-order valence-corrected chi connectivity index (χ1v) is 5.91. The Labute approximate surface area is 118 Å². The molecule has 0 bridgehead atoms. The van der Waals surface area contributed by atoms with Crippen molar-refractivity contribution in [2.75, 3.05) is 0 Å². The molecule has 7 nitrogen and oxygen atoms in total. The summed E-state index contributed by atoms with van der Waals surface area (Å²) in [5.41, 5.74) is -0.769. The minimum atomic E-state index is -1.27. The Morgan fingerprint density at radius 2 is 2.21 bits per heavy atom. The second kappa shape index (κ2) is 4.91. The standard InChI is InChI=1S/C10H5FIN3O4/c11-5-3-8(9(15(18)19)4-6(5)12)14-2-1-7(13-14)10(16)17/h1-4H,(H,16,17). The lowest BCUT2D eigenvalue weighted by atomic mass is 10.2. The van der Waals surface area contributed by atoms with Gasteiger partial charge in [0.2, 0.25) is 0 Å². The Morgan fingerprint density at radius 3 is 2.74 bits per heavy atom. The van der Waals surface area contributed by atoms with E-state index in [0.717, 1.165) is 16.8 Å². The molecule has 0 radical (unpaired) electrons. The van der Waals surface area contributed by atoms with Gasteiger partial charge in [0.1, 0.15) is 11.5 Å². The SMILES string of the molecule is O=C(O)c1ccn(-c2cc(F)c(I)cc2[N+](=O)[O-])n1. The van der Waals surface area contributed by atoms with Gasteiger partial charge in [0, 0.05) is 18.3 Å².